The lowest BCUT2D eigenvalue weighted by atomic mass is 9.85. The van der Waals surface area contributed by atoms with Gasteiger partial charge in [-0.25, -0.2) is 9.80 Å². The number of ether oxygens (including phenoxy) is 1. The van der Waals surface area contributed by atoms with Crippen molar-refractivity contribution in [2.45, 2.75) is 6.42 Å². The standard InChI is InChI=1S/C31H21BrCl2N2O6/c32-21-8-3-17(4-9-21)31(41)42-22-10-5-16(6-11-22)25(37)15-35(28(38)20-7-12-23(33)24(34)14-20)36-29(39)26-18-1-2-19(13-18)27(26)30(36)40/h1-12,14,18-19,26-27H,13,15H2/t18-,19-,26-,27+/m0/s1. The quantitative estimate of drug-likeness (QED) is 0.100. The van der Waals surface area contributed by atoms with Crippen molar-refractivity contribution in [3.63, 3.8) is 0 Å². The minimum atomic E-state index is -0.746. The van der Waals surface area contributed by atoms with Crippen molar-refractivity contribution in [2.75, 3.05) is 6.54 Å². The van der Waals surface area contributed by atoms with E-state index in [-0.39, 0.29) is 38.8 Å². The number of nitrogens with zero attached hydrogens (tertiary/aromatic N) is 2. The molecule has 1 saturated heterocycles. The summed E-state index contributed by atoms with van der Waals surface area (Å²) in [6.07, 6.45) is 4.61. The van der Waals surface area contributed by atoms with Crippen molar-refractivity contribution >= 4 is 68.6 Å². The maximum absolute atomic E-state index is 13.7. The molecule has 1 heterocycles. The second-order valence-corrected chi connectivity index (χ2v) is 12.1. The van der Waals surface area contributed by atoms with E-state index in [2.05, 4.69) is 15.9 Å². The van der Waals surface area contributed by atoms with E-state index in [0.29, 0.717) is 5.56 Å². The highest BCUT2D eigenvalue weighted by molar-refractivity contribution is 9.10. The van der Waals surface area contributed by atoms with Gasteiger partial charge in [0.2, 0.25) is 0 Å². The van der Waals surface area contributed by atoms with Crippen LogP contribution in [0.5, 0.6) is 5.75 Å². The first kappa shape index (κ1) is 28.3. The number of fused-ring (bicyclic) bond motifs is 5. The Hall–Kier alpha value is -3.79. The molecule has 4 atom stereocenters. The van der Waals surface area contributed by atoms with Gasteiger partial charge in [-0.2, -0.15) is 5.01 Å². The van der Waals surface area contributed by atoms with Gasteiger partial charge < -0.3 is 4.74 Å². The van der Waals surface area contributed by atoms with Crippen LogP contribution >= 0.6 is 39.1 Å². The number of hydrogen-bond acceptors (Lipinski definition) is 6. The summed E-state index contributed by atoms with van der Waals surface area (Å²) < 4.78 is 6.21. The van der Waals surface area contributed by atoms with Crippen molar-refractivity contribution in [1.29, 1.82) is 0 Å². The summed E-state index contributed by atoms with van der Waals surface area (Å²) in [6.45, 7) is -0.587. The molecule has 3 amide bonds. The average molecular weight is 668 g/mol. The number of ketones is 1. The van der Waals surface area contributed by atoms with Crippen LogP contribution < -0.4 is 4.74 Å². The van der Waals surface area contributed by atoms with Gasteiger partial charge in [-0.15, -0.1) is 0 Å². The summed E-state index contributed by atoms with van der Waals surface area (Å²) in [5.41, 5.74) is 0.598. The molecule has 2 bridgehead atoms. The molecule has 8 nitrogen and oxygen atoms in total. The lowest BCUT2D eigenvalue weighted by molar-refractivity contribution is -0.154. The van der Waals surface area contributed by atoms with Gasteiger partial charge in [0.15, 0.2) is 5.78 Å². The largest absolute Gasteiger partial charge is 0.423 e. The number of allylic oxidation sites excluding steroid dienone is 2. The molecule has 6 rings (SSSR count). The number of carbonyl (C=O) groups excluding carboxylic acids is 5. The number of imide groups is 1. The van der Waals surface area contributed by atoms with Crippen molar-refractivity contribution in [2.24, 2.45) is 23.7 Å². The number of amides is 3. The van der Waals surface area contributed by atoms with Crippen LogP contribution in [0.1, 0.15) is 37.5 Å². The molecule has 0 N–H and O–H groups in total. The van der Waals surface area contributed by atoms with Gasteiger partial charge in [0.1, 0.15) is 12.3 Å². The Balaban J connectivity index is 1.24. The van der Waals surface area contributed by atoms with Gasteiger partial charge in [-0.05, 0) is 85.0 Å². The molecule has 3 aromatic carbocycles. The maximum Gasteiger partial charge on any atom is 0.343 e. The molecule has 2 aliphatic carbocycles. The highest BCUT2D eigenvalue weighted by Gasteiger charge is 2.61. The van der Waals surface area contributed by atoms with E-state index in [9.17, 15) is 24.0 Å². The fourth-order valence-electron chi connectivity index (χ4n) is 5.82. The normalized spacial score (nSPS) is 21.9. The molecule has 42 heavy (non-hydrogen) atoms. The molecule has 0 unspecified atom stereocenters. The average Bonchev–Trinajstić information content (AvgIpc) is 3.67. The van der Waals surface area contributed by atoms with Crippen LogP contribution in [0.15, 0.2) is 83.4 Å². The molecule has 1 aliphatic heterocycles. The molecule has 1 saturated carbocycles. The fourth-order valence-corrected chi connectivity index (χ4v) is 6.39. The first-order valence-electron chi connectivity index (χ1n) is 13.1. The Morgan fingerprint density at radius 3 is 1.98 bits per heavy atom. The Kier molecular flexibility index (Phi) is 7.51. The number of benzene rings is 3. The summed E-state index contributed by atoms with van der Waals surface area (Å²) in [5, 5.41) is 2.06. The Labute approximate surface area is 258 Å². The molecule has 3 aromatic rings. The number of halogens is 3. The summed E-state index contributed by atoms with van der Waals surface area (Å²) in [7, 11) is 0. The van der Waals surface area contributed by atoms with E-state index in [1.807, 2.05) is 12.2 Å². The first-order chi connectivity index (χ1) is 20.1. The minimum absolute atomic E-state index is 0.0613. The Morgan fingerprint density at radius 1 is 0.810 bits per heavy atom. The Bertz CT molecular complexity index is 1640. The first-order valence-corrected chi connectivity index (χ1v) is 14.6. The number of hydrogen-bond donors (Lipinski definition) is 0. The van der Waals surface area contributed by atoms with Crippen LogP contribution in [0.2, 0.25) is 10.0 Å². The van der Waals surface area contributed by atoms with E-state index in [1.54, 1.807) is 24.3 Å². The van der Waals surface area contributed by atoms with Crippen molar-refractivity contribution < 1.29 is 28.7 Å². The molecule has 212 valence electrons. The zero-order valence-corrected chi connectivity index (χ0v) is 24.8. The zero-order chi connectivity index (χ0) is 29.7. The van der Waals surface area contributed by atoms with Gasteiger partial charge in [0.05, 0.1) is 27.4 Å². The summed E-state index contributed by atoms with van der Waals surface area (Å²) >= 11 is 15.5. The molecular formula is C31H21BrCl2N2O6. The van der Waals surface area contributed by atoms with Gasteiger partial charge in [-0.1, -0.05) is 51.3 Å². The SMILES string of the molecule is O=C(CN(C(=O)c1ccc(Cl)c(Cl)c1)N1C(=O)[C@@H]2[C@H](C1=O)[C@H]1C=C[C@H]2C1)c1ccc(OC(=O)c2ccc(Br)cc2)cc1. The van der Waals surface area contributed by atoms with Crippen LogP contribution in [0.3, 0.4) is 0 Å². The molecule has 2 fully saturated rings. The lowest BCUT2D eigenvalue weighted by Crippen LogP contribution is -2.52. The topological polar surface area (TPSA) is 101 Å². The molecule has 0 radical (unpaired) electrons. The van der Waals surface area contributed by atoms with Crippen LogP contribution in [0, 0.1) is 23.7 Å². The van der Waals surface area contributed by atoms with E-state index in [1.165, 1.54) is 42.5 Å². The third-order valence-corrected chi connectivity index (χ3v) is 9.12. The minimum Gasteiger partial charge on any atom is -0.423 e. The molecular weight excluding hydrogens is 647 g/mol. The highest BCUT2D eigenvalue weighted by Crippen LogP contribution is 2.52. The van der Waals surface area contributed by atoms with Crippen LogP contribution in [0.4, 0.5) is 0 Å². The molecule has 0 aromatic heterocycles. The van der Waals surface area contributed by atoms with Crippen LogP contribution in [-0.4, -0.2) is 46.0 Å². The maximum atomic E-state index is 13.7. The smallest absolute Gasteiger partial charge is 0.343 e. The number of carbonyl (C=O) groups is 5. The second kappa shape index (κ2) is 11.1. The zero-order valence-electron chi connectivity index (χ0n) is 21.7. The summed E-state index contributed by atoms with van der Waals surface area (Å²) in [5.74, 6) is -3.92. The van der Waals surface area contributed by atoms with Crippen molar-refractivity contribution in [3.05, 3.63) is 110 Å². The Morgan fingerprint density at radius 2 is 1.38 bits per heavy atom. The number of esters is 1. The molecule has 11 heteroatoms. The number of hydrazine groups is 1. The summed E-state index contributed by atoms with van der Waals surface area (Å²) in [6, 6.07) is 16.6. The lowest BCUT2D eigenvalue weighted by Gasteiger charge is -2.31. The van der Waals surface area contributed by atoms with E-state index < -0.39 is 47.9 Å². The number of Topliss-reactive ketones (excluding diaryl/α,β-unsaturated/α-hetero) is 1. The fraction of sp³-hybridized carbons (Fsp3) is 0.194. The van der Waals surface area contributed by atoms with Crippen LogP contribution in [-0.2, 0) is 9.59 Å². The predicted molar refractivity (Wildman–Crippen MR) is 157 cm³/mol. The monoisotopic (exact) mass is 666 g/mol. The van der Waals surface area contributed by atoms with Gasteiger partial charge in [0.25, 0.3) is 17.7 Å². The van der Waals surface area contributed by atoms with Crippen molar-refractivity contribution in [3.8, 4) is 5.75 Å². The van der Waals surface area contributed by atoms with E-state index >= 15 is 0 Å². The van der Waals surface area contributed by atoms with E-state index in [4.69, 9.17) is 27.9 Å². The van der Waals surface area contributed by atoms with Gasteiger partial charge >= 0.3 is 5.97 Å². The summed E-state index contributed by atoms with van der Waals surface area (Å²) in [4.78, 5) is 66.7. The molecule has 0 spiro atoms. The highest BCUT2D eigenvalue weighted by atomic mass is 79.9. The molecule has 3 aliphatic rings. The van der Waals surface area contributed by atoms with Gasteiger partial charge in [0, 0.05) is 15.6 Å². The predicted octanol–water partition coefficient (Wildman–Crippen LogP) is 6.02. The van der Waals surface area contributed by atoms with Crippen LogP contribution in [0.25, 0.3) is 0 Å². The van der Waals surface area contributed by atoms with Crippen molar-refractivity contribution in [1.82, 2.24) is 10.0 Å². The van der Waals surface area contributed by atoms with E-state index in [0.717, 1.165) is 20.9 Å². The number of rotatable bonds is 7. The third kappa shape index (κ3) is 5.06. The third-order valence-electron chi connectivity index (χ3n) is 7.85. The second-order valence-electron chi connectivity index (χ2n) is 10.3. The van der Waals surface area contributed by atoms with Gasteiger partial charge in [-0.3, -0.25) is 19.2 Å².